The van der Waals surface area contributed by atoms with E-state index in [1.165, 1.54) is 38.8 Å². The topological polar surface area (TPSA) is 52.0 Å². The zero-order valence-electron chi connectivity index (χ0n) is 22.1. The predicted octanol–water partition coefficient (Wildman–Crippen LogP) is 5.65. The van der Waals surface area contributed by atoms with Crippen molar-refractivity contribution in [2.75, 3.05) is 26.7 Å². The van der Waals surface area contributed by atoms with E-state index in [0.717, 1.165) is 23.3 Å². The molecule has 0 spiro atoms. The molecule has 0 bridgehead atoms. The molecule has 3 rings (SSSR count). The first-order valence-corrected chi connectivity index (χ1v) is 13.2. The third-order valence-electron chi connectivity index (χ3n) is 7.67. The van der Waals surface area contributed by atoms with Gasteiger partial charge in [-0.15, -0.1) is 0 Å². The quantitative estimate of drug-likeness (QED) is 0.375. The van der Waals surface area contributed by atoms with Crippen LogP contribution in [0, 0.1) is 0 Å². The molecule has 3 aliphatic heterocycles. The molecule has 0 aliphatic carbocycles. The summed E-state index contributed by atoms with van der Waals surface area (Å²) in [6, 6.07) is 0. The van der Waals surface area contributed by atoms with Crippen molar-refractivity contribution in [1.82, 2.24) is 15.5 Å². The van der Waals surface area contributed by atoms with Crippen LogP contribution in [0.3, 0.4) is 0 Å². The molecule has 0 amide bonds. The highest BCUT2D eigenvalue weighted by Gasteiger charge is 2.45. The maximum absolute atomic E-state index is 15.5. The van der Waals surface area contributed by atoms with Crippen LogP contribution in [0.4, 0.5) is 4.39 Å². The molecule has 0 aromatic carbocycles. The van der Waals surface area contributed by atoms with E-state index in [4.69, 9.17) is 4.99 Å². The van der Waals surface area contributed by atoms with E-state index < -0.39 is 11.8 Å². The van der Waals surface area contributed by atoms with Gasteiger partial charge in [0, 0.05) is 44.4 Å². The number of rotatable bonds is 11. The van der Waals surface area contributed by atoms with Crippen LogP contribution in [0.25, 0.3) is 0 Å². The molecule has 2 atom stereocenters. The molecule has 2 saturated heterocycles. The zero-order chi connectivity index (χ0) is 25.3. The number of nitrogens with zero attached hydrogens (tertiary/aromatic N) is 3. The summed E-state index contributed by atoms with van der Waals surface area (Å²) < 4.78 is 15.5. The van der Waals surface area contributed by atoms with E-state index in [1.807, 2.05) is 38.4 Å². The molecule has 5 nitrogen and oxygen atoms in total. The largest absolute Gasteiger partial charge is 0.295 e. The van der Waals surface area contributed by atoms with Crippen LogP contribution in [0.2, 0.25) is 0 Å². The number of nitrogens with one attached hydrogen (secondary N) is 2. The summed E-state index contributed by atoms with van der Waals surface area (Å²) in [7, 11) is 1.93. The smallest absolute Gasteiger partial charge is 0.158 e. The fourth-order valence-electron chi connectivity index (χ4n) is 5.50. The average Bonchev–Trinajstić information content (AvgIpc) is 3.38. The Kier molecular flexibility index (Phi) is 9.96. The van der Waals surface area contributed by atoms with Crippen molar-refractivity contribution in [3.63, 3.8) is 0 Å². The standard InChI is InChI=1S/C29H44FN5/c1-6-9-13-24(12-7-2)23(4)20-25-21-26(30)27(14-17-32-25)34-28(8-3,31-5)22-33-29-15-10-18-35(29)19-11-16-29/h6-7,9,12-13,17,21,26,31,33H,1,8,10-11,14-16,18-20,22H2,2-5H3/b12-7-,13-9-,24-23-,34-27+. The number of fused-ring (bicyclic) bond motifs is 1. The number of likely N-dealkylation sites (N-methyl/N-ethyl adjacent to an activating group) is 1. The maximum Gasteiger partial charge on any atom is 0.158 e. The Morgan fingerprint density at radius 1 is 1.34 bits per heavy atom. The van der Waals surface area contributed by atoms with Crippen LogP contribution >= 0.6 is 0 Å². The van der Waals surface area contributed by atoms with Gasteiger partial charge >= 0.3 is 0 Å². The van der Waals surface area contributed by atoms with Gasteiger partial charge in [-0.3, -0.25) is 25.5 Å². The minimum Gasteiger partial charge on any atom is -0.295 e. The van der Waals surface area contributed by atoms with E-state index in [0.29, 0.717) is 25.1 Å². The lowest BCUT2D eigenvalue weighted by molar-refractivity contribution is 0.132. The third kappa shape index (κ3) is 6.75. The molecule has 3 aliphatic rings. The van der Waals surface area contributed by atoms with E-state index in [9.17, 15) is 0 Å². The Bertz CT molecular complexity index is 909. The van der Waals surface area contributed by atoms with Gasteiger partial charge in [-0.25, -0.2) is 4.39 Å². The van der Waals surface area contributed by atoms with E-state index in [-0.39, 0.29) is 5.66 Å². The predicted molar refractivity (Wildman–Crippen MR) is 148 cm³/mol. The fraction of sp³-hybridized carbons (Fsp3) is 0.586. The summed E-state index contributed by atoms with van der Waals surface area (Å²) in [6.07, 6.45) is 18.6. The number of aliphatic imine (C=N–C) groups is 2. The van der Waals surface area contributed by atoms with Crippen molar-refractivity contribution >= 4 is 11.9 Å². The number of alkyl halides is 1. The summed E-state index contributed by atoms with van der Waals surface area (Å²) in [5.74, 6) is 0. The average molecular weight is 482 g/mol. The van der Waals surface area contributed by atoms with Crippen LogP contribution in [-0.4, -0.2) is 61.0 Å². The molecule has 192 valence electrons. The second-order valence-corrected chi connectivity index (χ2v) is 9.90. The molecule has 0 saturated carbocycles. The molecule has 35 heavy (non-hydrogen) atoms. The number of allylic oxidation sites excluding steroid dienone is 8. The molecule has 2 N–H and O–H groups in total. The van der Waals surface area contributed by atoms with Gasteiger partial charge in [-0.1, -0.05) is 49.5 Å². The van der Waals surface area contributed by atoms with Gasteiger partial charge in [0.05, 0.1) is 11.4 Å². The summed E-state index contributed by atoms with van der Waals surface area (Å²) in [6.45, 7) is 13.0. The van der Waals surface area contributed by atoms with Gasteiger partial charge in [-0.2, -0.15) is 0 Å². The lowest BCUT2D eigenvalue weighted by Gasteiger charge is -2.38. The first-order chi connectivity index (χ1) is 16.9. The lowest BCUT2D eigenvalue weighted by atomic mass is 10.0. The molecular formula is C29H44FN5. The fourth-order valence-corrected chi connectivity index (χ4v) is 5.50. The normalized spacial score (nSPS) is 26.1. The summed E-state index contributed by atoms with van der Waals surface area (Å²) >= 11 is 0. The molecule has 3 heterocycles. The van der Waals surface area contributed by atoms with Crippen LogP contribution in [0.5, 0.6) is 0 Å². The lowest BCUT2D eigenvalue weighted by Crippen LogP contribution is -2.59. The van der Waals surface area contributed by atoms with Crippen molar-refractivity contribution in [1.29, 1.82) is 0 Å². The molecule has 0 aromatic rings. The van der Waals surface area contributed by atoms with Crippen molar-refractivity contribution < 1.29 is 4.39 Å². The highest BCUT2D eigenvalue weighted by atomic mass is 19.1. The van der Waals surface area contributed by atoms with Gasteiger partial charge in [-0.05, 0) is 64.6 Å². The Balaban J connectivity index is 1.77. The van der Waals surface area contributed by atoms with E-state index in [1.54, 1.807) is 12.2 Å². The highest BCUT2D eigenvalue weighted by Crippen LogP contribution is 2.37. The minimum atomic E-state index is -1.25. The van der Waals surface area contributed by atoms with Crippen molar-refractivity contribution in [3.8, 4) is 0 Å². The molecule has 2 fully saturated rings. The van der Waals surface area contributed by atoms with E-state index >= 15 is 4.39 Å². The molecule has 6 heteroatoms. The number of hydrogen-bond acceptors (Lipinski definition) is 5. The van der Waals surface area contributed by atoms with Gasteiger partial charge < -0.3 is 0 Å². The molecular weight excluding hydrogens is 437 g/mol. The number of halogens is 1. The molecule has 2 unspecified atom stereocenters. The van der Waals surface area contributed by atoms with Crippen molar-refractivity contribution in [2.24, 2.45) is 9.98 Å². The Hall–Kier alpha value is -2.15. The third-order valence-corrected chi connectivity index (χ3v) is 7.67. The maximum atomic E-state index is 15.5. The second kappa shape index (κ2) is 12.7. The Morgan fingerprint density at radius 2 is 2.09 bits per heavy atom. The van der Waals surface area contributed by atoms with Crippen molar-refractivity contribution in [3.05, 3.63) is 59.9 Å². The first kappa shape index (κ1) is 27.4. The first-order valence-electron chi connectivity index (χ1n) is 13.2. The van der Waals surface area contributed by atoms with E-state index in [2.05, 4.69) is 47.0 Å². The van der Waals surface area contributed by atoms with Gasteiger partial charge in [0.15, 0.2) is 6.17 Å². The summed E-state index contributed by atoms with van der Waals surface area (Å²) in [4.78, 5) is 12.2. The zero-order valence-corrected chi connectivity index (χ0v) is 22.1. The number of hydrogen-bond donors (Lipinski definition) is 2. The van der Waals surface area contributed by atoms with Gasteiger partial charge in [0.25, 0.3) is 0 Å². The second-order valence-electron chi connectivity index (χ2n) is 9.90. The van der Waals surface area contributed by atoms with Crippen LogP contribution in [0.15, 0.2) is 69.9 Å². The van der Waals surface area contributed by atoms with Crippen LogP contribution < -0.4 is 10.6 Å². The summed E-state index contributed by atoms with van der Waals surface area (Å²) in [5.41, 5.74) is 3.06. The van der Waals surface area contributed by atoms with Gasteiger partial charge in [0.2, 0.25) is 0 Å². The van der Waals surface area contributed by atoms with Gasteiger partial charge in [0.1, 0.15) is 5.66 Å². The minimum absolute atomic E-state index is 0.0963. The SMILES string of the molecule is C=C\C=C/C(/C=C\C)=C(/C)CC1=CC(F)/C(=N/C(CC)(CNC23CCCN2CCC3)NC)CC=N1. The molecule has 0 radical (unpaired) electrons. The Morgan fingerprint density at radius 3 is 2.71 bits per heavy atom. The highest BCUT2D eigenvalue weighted by molar-refractivity contribution is 6.00. The van der Waals surface area contributed by atoms with Crippen LogP contribution in [-0.2, 0) is 0 Å². The van der Waals surface area contributed by atoms with Crippen LogP contribution in [0.1, 0.15) is 65.7 Å². The van der Waals surface area contributed by atoms with Crippen molar-refractivity contribution in [2.45, 2.75) is 83.2 Å². The molecule has 0 aromatic heterocycles. The Labute approximate surface area is 211 Å². The summed E-state index contributed by atoms with van der Waals surface area (Å²) in [5, 5.41) is 7.27. The monoisotopic (exact) mass is 481 g/mol.